The van der Waals surface area contributed by atoms with E-state index in [0.29, 0.717) is 22.0 Å². The molecule has 0 bridgehead atoms. The number of aromatic nitrogens is 2. The second kappa shape index (κ2) is 5.52. The topological polar surface area (TPSA) is 54.9 Å². The highest BCUT2D eigenvalue weighted by atomic mass is 35.5. The summed E-state index contributed by atoms with van der Waals surface area (Å²) in [6.45, 7) is 0. The molecule has 0 radical (unpaired) electrons. The van der Waals surface area contributed by atoms with Crippen LogP contribution in [0.15, 0.2) is 24.5 Å². The lowest BCUT2D eigenvalue weighted by atomic mass is 10.3. The average molecular weight is 303 g/mol. The molecule has 0 fully saturated rings. The van der Waals surface area contributed by atoms with Crippen molar-refractivity contribution in [3.8, 4) is 0 Å². The molecule has 0 amide bonds. The highest BCUT2D eigenvalue weighted by molar-refractivity contribution is 6.39. The number of aldehydes is 1. The summed E-state index contributed by atoms with van der Waals surface area (Å²) in [4.78, 5) is 18.6. The first-order valence-electron chi connectivity index (χ1n) is 4.80. The number of hydrogen-bond acceptors (Lipinski definition) is 4. The molecule has 0 aliphatic carbocycles. The molecule has 92 valence electrons. The maximum atomic E-state index is 10.9. The maximum Gasteiger partial charge on any atom is 0.156 e. The third-order valence-corrected chi connectivity index (χ3v) is 3.09. The van der Waals surface area contributed by atoms with Crippen LogP contribution < -0.4 is 5.32 Å². The molecule has 0 unspecified atom stereocenters. The van der Waals surface area contributed by atoms with Crippen LogP contribution in [0, 0.1) is 0 Å². The first-order valence-corrected chi connectivity index (χ1v) is 5.93. The summed E-state index contributed by atoms with van der Waals surface area (Å²) in [5.74, 6) is 0.250. The van der Waals surface area contributed by atoms with Gasteiger partial charge in [-0.05, 0) is 12.1 Å². The van der Waals surface area contributed by atoms with Crippen LogP contribution in [0.5, 0.6) is 0 Å². The first kappa shape index (κ1) is 13.1. The molecule has 1 aromatic carbocycles. The van der Waals surface area contributed by atoms with Gasteiger partial charge in [0.05, 0.1) is 21.3 Å². The van der Waals surface area contributed by atoms with Crippen molar-refractivity contribution in [3.05, 3.63) is 45.3 Å². The van der Waals surface area contributed by atoms with E-state index < -0.39 is 0 Å². The Morgan fingerprint density at radius 1 is 1.11 bits per heavy atom. The Balaban J connectivity index is 2.46. The third kappa shape index (κ3) is 2.56. The minimum atomic E-state index is 0.0608. The van der Waals surface area contributed by atoms with Gasteiger partial charge < -0.3 is 5.32 Å². The van der Waals surface area contributed by atoms with Crippen molar-refractivity contribution in [3.63, 3.8) is 0 Å². The lowest BCUT2D eigenvalue weighted by molar-refractivity contribution is 0.112. The molecule has 0 saturated carbocycles. The zero-order valence-corrected chi connectivity index (χ0v) is 11.1. The Morgan fingerprint density at radius 2 is 1.78 bits per heavy atom. The minimum Gasteiger partial charge on any atom is -0.337 e. The lowest BCUT2D eigenvalue weighted by Crippen LogP contribution is -2.01. The van der Waals surface area contributed by atoms with E-state index in [9.17, 15) is 4.79 Å². The number of anilines is 2. The Labute approximate surface area is 118 Å². The molecule has 0 aliphatic heterocycles. The third-order valence-electron chi connectivity index (χ3n) is 2.16. The van der Waals surface area contributed by atoms with Gasteiger partial charge in [0.2, 0.25) is 0 Å². The Bertz CT molecular complexity index is 584. The van der Waals surface area contributed by atoms with Gasteiger partial charge in [0, 0.05) is 0 Å². The predicted molar refractivity (Wildman–Crippen MR) is 72.2 cm³/mol. The molecule has 0 aliphatic rings. The van der Waals surface area contributed by atoms with E-state index in [4.69, 9.17) is 34.8 Å². The Morgan fingerprint density at radius 3 is 2.39 bits per heavy atom. The van der Waals surface area contributed by atoms with Crippen LogP contribution in [0.4, 0.5) is 11.5 Å². The summed E-state index contributed by atoms with van der Waals surface area (Å²) in [6.07, 6.45) is 1.80. The van der Waals surface area contributed by atoms with Gasteiger partial charge in [-0.2, -0.15) is 0 Å². The Hall–Kier alpha value is -1.36. The highest BCUT2D eigenvalue weighted by Gasteiger charge is 2.12. The standard InChI is InChI=1S/C11H6Cl3N3O/c12-7-2-1-3-8(13)9(7)17-11-6(4-18)10(14)15-5-16-11/h1-5H,(H,15,16,17). The van der Waals surface area contributed by atoms with Crippen LogP contribution in [-0.2, 0) is 0 Å². The fraction of sp³-hybridized carbons (Fsp3) is 0. The van der Waals surface area contributed by atoms with Crippen molar-refractivity contribution >= 4 is 52.6 Å². The number of para-hydroxylation sites is 1. The largest absolute Gasteiger partial charge is 0.337 e. The minimum absolute atomic E-state index is 0.0608. The van der Waals surface area contributed by atoms with Crippen LogP contribution >= 0.6 is 34.8 Å². The van der Waals surface area contributed by atoms with Crippen LogP contribution in [0.3, 0.4) is 0 Å². The van der Waals surface area contributed by atoms with Crippen LogP contribution in [0.25, 0.3) is 0 Å². The molecule has 2 rings (SSSR count). The summed E-state index contributed by atoms with van der Waals surface area (Å²) < 4.78 is 0. The fourth-order valence-corrected chi connectivity index (χ4v) is 1.98. The molecular weight excluding hydrogens is 296 g/mol. The van der Waals surface area contributed by atoms with Gasteiger partial charge in [-0.15, -0.1) is 0 Å². The fourth-order valence-electron chi connectivity index (χ4n) is 1.31. The van der Waals surface area contributed by atoms with E-state index in [0.717, 1.165) is 0 Å². The van der Waals surface area contributed by atoms with E-state index in [2.05, 4.69) is 15.3 Å². The first-order chi connectivity index (χ1) is 8.63. The van der Waals surface area contributed by atoms with Crippen LogP contribution in [-0.4, -0.2) is 16.3 Å². The van der Waals surface area contributed by atoms with Gasteiger partial charge in [0.1, 0.15) is 17.3 Å². The average Bonchev–Trinajstić information content (AvgIpc) is 2.34. The Kier molecular flexibility index (Phi) is 4.01. The summed E-state index contributed by atoms with van der Waals surface area (Å²) in [7, 11) is 0. The van der Waals surface area contributed by atoms with E-state index in [1.807, 2.05) is 0 Å². The number of benzene rings is 1. The number of nitrogens with one attached hydrogen (secondary N) is 1. The van der Waals surface area contributed by atoms with Crippen molar-refractivity contribution in [2.45, 2.75) is 0 Å². The van der Waals surface area contributed by atoms with Crippen molar-refractivity contribution in [2.24, 2.45) is 0 Å². The molecule has 1 heterocycles. The number of nitrogens with zero attached hydrogens (tertiary/aromatic N) is 2. The molecule has 18 heavy (non-hydrogen) atoms. The van der Waals surface area contributed by atoms with Crippen LogP contribution in [0.1, 0.15) is 10.4 Å². The summed E-state index contributed by atoms with van der Waals surface area (Å²) in [5.41, 5.74) is 0.605. The molecule has 2 aromatic rings. The molecule has 0 atom stereocenters. The second-order valence-electron chi connectivity index (χ2n) is 3.27. The van der Waals surface area contributed by atoms with Gasteiger partial charge in [-0.3, -0.25) is 4.79 Å². The number of hydrogen-bond donors (Lipinski definition) is 1. The monoisotopic (exact) mass is 301 g/mol. The number of halogens is 3. The van der Waals surface area contributed by atoms with Gasteiger partial charge in [-0.1, -0.05) is 40.9 Å². The van der Waals surface area contributed by atoms with Gasteiger partial charge in [0.25, 0.3) is 0 Å². The molecule has 7 heteroatoms. The number of carbonyl (C=O) groups is 1. The molecule has 0 spiro atoms. The zero-order valence-electron chi connectivity index (χ0n) is 8.82. The quantitative estimate of drug-likeness (QED) is 0.688. The van der Waals surface area contributed by atoms with Crippen molar-refractivity contribution in [2.75, 3.05) is 5.32 Å². The lowest BCUT2D eigenvalue weighted by Gasteiger charge is -2.11. The number of carbonyl (C=O) groups excluding carboxylic acids is 1. The van der Waals surface area contributed by atoms with Crippen molar-refractivity contribution in [1.82, 2.24) is 9.97 Å². The predicted octanol–water partition coefficient (Wildman–Crippen LogP) is 3.99. The molecular formula is C11H6Cl3N3O. The number of rotatable bonds is 3. The normalized spacial score (nSPS) is 10.2. The summed E-state index contributed by atoms with van der Waals surface area (Å²) in [5, 5.41) is 3.75. The van der Waals surface area contributed by atoms with Gasteiger partial charge in [-0.25, -0.2) is 9.97 Å². The molecule has 4 nitrogen and oxygen atoms in total. The van der Waals surface area contributed by atoms with Gasteiger partial charge in [0.15, 0.2) is 6.29 Å². The smallest absolute Gasteiger partial charge is 0.156 e. The molecule has 0 saturated heterocycles. The maximum absolute atomic E-state index is 10.9. The molecule has 1 N–H and O–H groups in total. The SMILES string of the molecule is O=Cc1c(Cl)ncnc1Nc1c(Cl)cccc1Cl. The van der Waals surface area contributed by atoms with E-state index in [1.54, 1.807) is 18.2 Å². The summed E-state index contributed by atoms with van der Waals surface area (Å²) >= 11 is 17.8. The van der Waals surface area contributed by atoms with E-state index >= 15 is 0 Å². The summed E-state index contributed by atoms with van der Waals surface area (Å²) in [6, 6.07) is 5.04. The van der Waals surface area contributed by atoms with Crippen molar-refractivity contribution < 1.29 is 4.79 Å². The van der Waals surface area contributed by atoms with Crippen LogP contribution in [0.2, 0.25) is 15.2 Å². The molecule has 1 aromatic heterocycles. The highest BCUT2D eigenvalue weighted by Crippen LogP contribution is 2.33. The van der Waals surface area contributed by atoms with Crippen molar-refractivity contribution in [1.29, 1.82) is 0 Å². The van der Waals surface area contributed by atoms with Gasteiger partial charge >= 0.3 is 0 Å². The van der Waals surface area contributed by atoms with E-state index in [1.165, 1.54) is 6.33 Å². The second-order valence-corrected chi connectivity index (χ2v) is 4.44. The zero-order chi connectivity index (χ0) is 13.1. The van der Waals surface area contributed by atoms with E-state index in [-0.39, 0.29) is 16.5 Å².